The van der Waals surface area contributed by atoms with E-state index in [2.05, 4.69) is 107 Å². The normalized spacial score (nSPS) is 13.4. The molecule has 1 aliphatic rings. The van der Waals surface area contributed by atoms with Crippen LogP contribution >= 0.6 is 0 Å². The summed E-state index contributed by atoms with van der Waals surface area (Å²) in [4.78, 5) is 8.71. The molecule has 180 valence electrons. The third-order valence-corrected chi connectivity index (χ3v) is 7.51. The third kappa shape index (κ3) is 3.91. The fourth-order valence-corrected chi connectivity index (χ4v) is 5.79. The molecule has 0 N–H and O–H groups in total. The van der Waals surface area contributed by atoms with Crippen LogP contribution in [0.1, 0.15) is 24.0 Å². The van der Waals surface area contributed by atoms with Gasteiger partial charge in [0.25, 0.3) is 0 Å². The van der Waals surface area contributed by atoms with Crippen molar-refractivity contribution in [2.24, 2.45) is 0 Å². The van der Waals surface area contributed by atoms with E-state index in [1.54, 1.807) is 0 Å². The number of benzene rings is 4. The summed E-state index contributed by atoms with van der Waals surface area (Å²) in [6.45, 7) is 0. The van der Waals surface area contributed by atoms with Gasteiger partial charge in [0.1, 0.15) is 0 Å². The molecule has 0 fully saturated rings. The molecule has 0 atom stereocenters. The molecular formula is C36H26N2. The zero-order chi connectivity index (χ0) is 25.3. The molecule has 0 unspecified atom stereocenters. The van der Waals surface area contributed by atoms with Gasteiger partial charge in [-0.3, -0.25) is 9.97 Å². The summed E-state index contributed by atoms with van der Waals surface area (Å²) in [5.41, 5.74) is 9.94. The molecule has 7 rings (SSSR count). The van der Waals surface area contributed by atoms with Crippen LogP contribution in [0.3, 0.4) is 0 Å². The van der Waals surface area contributed by atoms with Gasteiger partial charge in [0, 0.05) is 30.4 Å². The van der Waals surface area contributed by atoms with Crippen molar-refractivity contribution in [3.63, 3.8) is 0 Å². The molecule has 0 amide bonds. The second-order valence-electron chi connectivity index (χ2n) is 9.77. The summed E-state index contributed by atoms with van der Waals surface area (Å²) < 4.78 is 0. The molecule has 4 aromatic carbocycles. The minimum atomic E-state index is 1.02. The van der Waals surface area contributed by atoms with Gasteiger partial charge in [-0.25, -0.2) is 0 Å². The fourth-order valence-electron chi connectivity index (χ4n) is 5.79. The van der Waals surface area contributed by atoms with Gasteiger partial charge < -0.3 is 0 Å². The maximum atomic E-state index is 4.37. The molecule has 0 radical (unpaired) electrons. The van der Waals surface area contributed by atoms with Gasteiger partial charge in [0.2, 0.25) is 0 Å². The molecule has 0 spiro atoms. The number of nitrogens with zero attached hydrogens (tertiary/aromatic N) is 2. The van der Waals surface area contributed by atoms with Gasteiger partial charge in [-0.2, -0.15) is 0 Å². The Morgan fingerprint density at radius 3 is 1.71 bits per heavy atom. The van der Waals surface area contributed by atoms with Crippen LogP contribution in [0, 0.1) is 0 Å². The molecule has 0 saturated heterocycles. The Hall–Kier alpha value is -4.82. The Kier molecular flexibility index (Phi) is 5.64. The average molecular weight is 487 g/mol. The molecule has 2 heterocycles. The van der Waals surface area contributed by atoms with Gasteiger partial charge in [0.15, 0.2) is 0 Å². The molecule has 2 aromatic heterocycles. The van der Waals surface area contributed by atoms with E-state index in [9.17, 15) is 0 Å². The summed E-state index contributed by atoms with van der Waals surface area (Å²) in [6, 6.07) is 34.9. The van der Waals surface area contributed by atoms with Crippen molar-refractivity contribution in [2.45, 2.75) is 12.8 Å². The molecular weight excluding hydrogens is 460 g/mol. The Morgan fingerprint density at radius 1 is 0.500 bits per heavy atom. The molecule has 0 saturated carbocycles. The van der Waals surface area contributed by atoms with Gasteiger partial charge in [-0.15, -0.1) is 0 Å². The van der Waals surface area contributed by atoms with Gasteiger partial charge in [-0.05, 0) is 91.5 Å². The van der Waals surface area contributed by atoms with Crippen molar-refractivity contribution in [2.75, 3.05) is 0 Å². The molecule has 2 nitrogen and oxygen atoms in total. The van der Waals surface area contributed by atoms with Crippen LogP contribution in [0.4, 0.5) is 0 Å². The lowest BCUT2D eigenvalue weighted by molar-refractivity contribution is 1.05. The molecule has 1 aliphatic carbocycles. The minimum absolute atomic E-state index is 1.02. The lowest BCUT2D eigenvalue weighted by Gasteiger charge is -2.21. The number of hydrogen-bond donors (Lipinski definition) is 0. The molecule has 2 heteroatoms. The van der Waals surface area contributed by atoms with Crippen molar-refractivity contribution >= 4 is 32.7 Å². The Morgan fingerprint density at radius 2 is 1.08 bits per heavy atom. The van der Waals surface area contributed by atoms with E-state index in [1.165, 1.54) is 60.5 Å². The van der Waals surface area contributed by atoms with E-state index in [4.69, 9.17) is 0 Å². The van der Waals surface area contributed by atoms with Crippen LogP contribution in [0.2, 0.25) is 0 Å². The quantitative estimate of drug-likeness (QED) is 0.232. The van der Waals surface area contributed by atoms with Crippen LogP contribution in [-0.2, 0) is 0 Å². The minimum Gasteiger partial charge on any atom is -0.264 e. The van der Waals surface area contributed by atoms with E-state index < -0.39 is 0 Å². The predicted molar refractivity (Wildman–Crippen MR) is 160 cm³/mol. The van der Waals surface area contributed by atoms with Crippen molar-refractivity contribution in [1.29, 1.82) is 0 Å². The van der Waals surface area contributed by atoms with Crippen LogP contribution in [0.15, 0.2) is 134 Å². The number of rotatable bonds is 4. The Bertz CT molecular complexity index is 1790. The third-order valence-electron chi connectivity index (χ3n) is 7.51. The highest BCUT2D eigenvalue weighted by atomic mass is 14.6. The highest BCUT2D eigenvalue weighted by molar-refractivity contribution is 6.20. The van der Waals surface area contributed by atoms with E-state index in [-0.39, 0.29) is 0 Å². The number of fused-ring (bicyclic) bond motifs is 2. The predicted octanol–water partition coefficient (Wildman–Crippen LogP) is 9.38. The number of aromatic nitrogens is 2. The van der Waals surface area contributed by atoms with Crippen LogP contribution < -0.4 is 0 Å². The zero-order valence-electron chi connectivity index (χ0n) is 21.0. The summed E-state index contributed by atoms with van der Waals surface area (Å²) in [5, 5.41) is 5.10. The number of pyridine rings is 2. The van der Waals surface area contributed by atoms with Gasteiger partial charge in [0.05, 0.1) is 0 Å². The maximum Gasteiger partial charge on any atom is 0.0346 e. The van der Waals surface area contributed by atoms with E-state index >= 15 is 0 Å². The van der Waals surface area contributed by atoms with E-state index in [0.717, 1.165) is 18.4 Å². The Balaban J connectivity index is 1.49. The number of allylic oxidation sites excluding steroid dienone is 4. The molecule has 0 bridgehead atoms. The van der Waals surface area contributed by atoms with Crippen LogP contribution in [0.25, 0.3) is 54.9 Å². The Labute approximate surface area is 222 Å². The summed E-state index contributed by atoms with van der Waals surface area (Å²) in [6.07, 6.45) is 14.4. The van der Waals surface area contributed by atoms with Crippen molar-refractivity contribution in [3.05, 3.63) is 145 Å². The summed E-state index contributed by atoms with van der Waals surface area (Å²) >= 11 is 0. The smallest absolute Gasteiger partial charge is 0.0346 e. The second kappa shape index (κ2) is 9.57. The average Bonchev–Trinajstić information content (AvgIpc) is 3.01. The van der Waals surface area contributed by atoms with E-state index in [1.807, 2.05) is 36.9 Å². The van der Waals surface area contributed by atoms with Crippen LogP contribution in [-0.4, -0.2) is 9.97 Å². The first kappa shape index (κ1) is 22.4. The van der Waals surface area contributed by atoms with Crippen LogP contribution in [0.5, 0.6) is 0 Å². The van der Waals surface area contributed by atoms with Crippen molar-refractivity contribution in [3.8, 4) is 22.3 Å². The highest BCUT2D eigenvalue weighted by Crippen LogP contribution is 2.44. The largest absolute Gasteiger partial charge is 0.264 e. The standard InChI is InChI=1S/C36H26N2/c1-2-16-32-31(15-1)35(27-11-5-9-25(21-27)29-13-7-19-37-23-29)33-17-3-4-18-34(33)36(32)28-12-6-10-26(22-28)30-14-8-20-38-24-30/h1-5,7-9,11-24H,6,10H2. The van der Waals surface area contributed by atoms with Crippen molar-refractivity contribution < 1.29 is 0 Å². The molecule has 6 aromatic rings. The molecule has 38 heavy (non-hydrogen) atoms. The molecule has 0 aliphatic heterocycles. The maximum absolute atomic E-state index is 4.37. The first-order valence-electron chi connectivity index (χ1n) is 13.1. The van der Waals surface area contributed by atoms with E-state index in [0.29, 0.717) is 0 Å². The highest BCUT2D eigenvalue weighted by Gasteiger charge is 2.19. The fraction of sp³-hybridized carbons (Fsp3) is 0.0556. The lowest BCUT2D eigenvalue weighted by Crippen LogP contribution is -1.97. The SMILES string of the molecule is C1=C(c2cccnc2)CCC=C1c1c2ccccc2c(-c2cccc(-c3cccnc3)c2)c2ccccc12. The van der Waals surface area contributed by atoms with Gasteiger partial charge >= 0.3 is 0 Å². The van der Waals surface area contributed by atoms with Crippen molar-refractivity contribution in [1.82, 2.24) is 9.97 Å². The van der Waals surface area contributed by atoms with Gasteiger partial charge in [-0.1, -0.05) is 91.0 Å². The monoisotopic (exact) mass is 486 g/mol. The summed E-state index contributed by atoms with van der Waals surface area (Å²) in [5.74, 6) is 0. The lowest BCUT2D eigenvalue weighted by atomic mass is 9.83. The topological polar surface area (TPSA) is 25.8 Å². The first-order valence-corrected chi connectivity index (χ1v) is 13.1. The zero-order valence-corrected chi connectivity index (χ0v) is 21.0. The first-order chi connectivity index (χ1) is 18.9. The number of hydrogen-bond acceptors (Lipinski definition) is 2. The summed E-state index contributed by atoms with van der Waals surface area (Å²) in [7, 11) is 0. The second-order valence-corrected chi connectivity index (χ2v) is 9.77.